The van der Waals surface area contributed by atoms with Crippen molar-refractivity contribution in [2.75, 3.05) is 0 Å². The van der Waals surface area contributed by atoms with Gasteiger partial charge >= 0.3 is 0 Å². The molecule has 1 aromatic heterocycles. The molecule has 0 aliphatic rings. The van der Waals surface area contributed by atoms with Crippen LogP contribution in [-0.4, -0.2) is 0 Å². The van der Waals surface area contributed by atoms with Crippen LogP contribution in [0.1, 0.15) is 50.1 Å². The van der Waals surface area contributed by atoms with Crippen LogP contribution in [0, 0.1) is 62.3 Å². The summed E-state index contributed by atoms with van der Waals surface area (Å²) in [6, 6.07) is 11.4. The van der Waals surface area contributed by atoms with Crippen molar-refractivity contribution in [1.29, 1.82) is 0 Å². The molecule has 1 nitrogen and oxygen atoms in total. The molecule has 0 spiro atoms. The third-order valence-electron chi connectivity index (χ3n) is 6.50. The van der Waals surface area contributed by atoms with E-state index < -0.39 is 0 Å². The predicted molar refractivity (Wildman–Crippen MR) is 130 cm³/mol. The van der Waals surface area contributed by atoms with Gasteiger partial charge in [-0.2, -0.15) is 0 Å². The van der Waals surface area contributed by atoms with Gasteiger partial charge in [0.2, 0.25) is 0 Å². The first-order valence-corrected chi connectivity index (χ1v) is 10.8. The maximum absolute atomic E-state index is 6.77. The molecule has 0 aliphatic carbocycles. The molecular weight excluding hydrogens is 364 g/mol. The lowest BCUT2D eigenvalue weighted by Gasteiger charge is -2.16. The summed E-state index contributed by atoms with van der Waals surface area (Å²) in [5, 5.41) is 1.25. The quantitative estimate of drug-likeness (QED) is 0.331. The minimum Gasteiger partial charge on any atom is -0.455 e. The molecule has 0 bridgehead atoms. The molecule has 0 fully saturated rings. The van der Waals surface area contributed by atoms with Gasteiger partial charge in [-0.1, -0.05) is 41.5 Å². The van der Waals surface area contributed by atoms with Crippen molar-refractivity contribution in [3.05, 3.63) is 80.4 Å². The van der Waals surface area contributed by atoms with Crippen LogP contribution in [0.5, 0.6) is 0 Å². The number of hydrogen-bond acceptors (Lipinski definition) is 1. The van der Waals surface area contributed by atoms with Gasteiger partial charge in [0, 0.05) is 16.5 Å². The van der Waals surface area contributed by atoms with Gasteiger partial charge in [0.25, 0.3) is 0 Å². The Kier molecular flexibility index (Phi) is 4.89. The fourth-order valence-corrected chi connectivity index (χ4v) is 5.28. The van der Waals surface area contributed by atoms with E-state index in [1.807, 2.05) is 0 Å². The van der Waals surface area contributed by atoms with Crippen LogP contribution in [0.15, 0.2) is 34.7 Å². The van der Waals surface area contributed by atoms with E-state index in [4.69, 9.17) is 4.42 Å². The molecule has 0 saturated heterocycles. The van der Waals surface area contributed by atoms with Crippen LogP contribution in [0.4, 0.5) is 0 Å². The third-order valence-corrected chi connectivity index (χ3v) is 6.50. The zero-order valence-corrected chi connectivity index (χ0v) is 19.8. The van der Waals surface area contributed by atoms with E-state index in [9.17, 15) is 0 Å². The molecule has 0 unspecified atom stereocenters. The Morgan fingerprint density at radius 2 is 0.933 bits per heavy atom. The van der Waals surface area contributed by atoms with Crippen molar-refractivity contribution in [3.63, 3.8) is 0 Å². The van der Waals surface area contributed by atoms with Gasteiger partial charge in [-0.05, 0) is 107 Å². The Balaban J connectivity index is 2.25. The van der Waals surface area contributed by atoms with Gasteiger partial charge in [0.15, 0.2) is 0 Å². The average Bonchev–Trinajstić information content (AvgIpc) is 2.98. The second-order valence-corrected chi connectivity index (χ2v) is 9.19. The maximum Gasteiger partial charge on any atom is 0.143 e. The highest BCUT2D eigenvalue weighted by molar-refractivity contribution is 6.06. The predicted octanol–water partition coefficient (Wildman–Crippen LogP) is 8.54. The molecule has 0 aliphatic heterocycles. The summed E-state index contributed by atoms with van der Waals surface area (Å²) in [6.07, 6.45) is 0. The van der Waals surface area contributed by atoms with E-state index in [2.05, 4.69) is 92.6 Å². The van der Waals surface area contributed by atoms with Crippen LogP contribution in [0.25, 0.3) is 33.4 Å². The smallest absolute Gasteiger partial charge is 0.143 e. The molecule has 154 valence electrons. The van der Waals surface area contributed by atoms with E-state index in [0.717, 1.165) is 11.3 Å². The zero-order chi connectivity index (χ0) is 21.9. The molecule has 4 rings (SSSR count). The van der Waals surface area contributed by atoms with Crippen LogP contribution in [-0.2, 0) is 0 Å². The maximum atomic E-state index is 6.77. The van der Waals surface area contributed by atoms with Crippen LogP contribution in [0.3, 0.4) is 0 Å². The summed E-state index contributed by atoms with van der Waals surface area (Å²) in [7, 11) is 0. The van der Waals surface area contributed by atoms with Crippen LogP contribution < -0.4 is 0 Å². The molecule has 0 saturated carbocycles. The number of aryl methyl sites for hydroxylation is 9. The Bertz CT molecular complexity index is 1270. The Morgan fingerprint density at radius 3 is 1.43 bits per heavy atom. The standard InChI is InChI=1S/C29H32O/c1-15-10-18(4)24(19(5)11-15)27-26-22(8)14-17(3)23(9)28(26)30-29(27)25-20(6)12-16(2)13-21(25)7/h10-14H,1-9H3. The highest BCUT2D eigenvalue weighted by Gasteiger charge is 2.25. The number of furan rings is 1. The summed E-state index contributed by atoms with van der Waals surface area (Å²) in [6.45, 7) is 19.8. The van der Waals surface area contributed by atoms with E-state index in [1.165, 1.54) is 72.1 Å². The van der Waals surface area contributed by atoms with Gasteiger partial charge in [-0.3, -0.25) is 0 Å². The summed E-state index contributed by atoms with van der Waals surface area (Å²) in [5.74, 6) is 1.01. The Morgan fingerprint density at radius 1 is 0.467 bits per heavy atom. The van der Waals surface area contributed by atoms with Gasteiger partial charge in [-0.15, -0.1) is 0 Å². The second-order valence-electron chi connectivity index (χ2n) is 9.19. The lowest BCUT2D eigenvalue weighted by molar-refractivity contribution is 0.628. The van der Waals surface area contributed by atoms with E-state index in [1.54, 1.807) is 0 Å². The number of benzene rings is 3. The molecule has 0 atom stereocenters. The normalized spacial score (nSPS) is 11.5. The fourth-order valence-electron chi connectivity index (χ4n) is 5.28. The second kappa shape index (κ2) is 7.16. The van der Waals surface area contributed by atoms with E-state index in [-0.39, 0.29) is 0 Å². The molecule has 0 N–H and O–H groups in total. The van der Waals surface area contributed by atoms with Crippen LogP contribution in [0.2, 0.25) is 0 Å². The highest BCUT2D eigenvalue weighted by atomic mass is 16.3. The molecule has 30 heavy (non-hydrogen) atoms. The van der Waals surface area contributed by atoms with E-state index in [0.29, 0.717) is 0 Å². The minimum absolute atomic E-state index is 1.01. The van der Waals surface area contributed by atoms with Crippen molar-refractivity contribution in [2.24, 2.45) is 0 Å². The van der Waals surface area contributed by atoms with Crippen LogP contribution >= 0.6 is 0 Å². The van der Waals surface area contributed by atoms with Crippen molar-refractivity contribution in [2.45, 2.75) is 62.3 Å². The topological polar surface area (TPSA) is 13.1 Å². The van der Waals surface area contributed by atoms with Crippen molar-refractivity contribution >= 4 is 11.0 Å². The third kappa shape index (κ3) is 3.08. The van der Waals surface area contributed by atoms with Gasteiger partial charge in [0.1, 0.15) is 11.3 Å². The molecule has 4 aromatic rings. The highest BCUT2D eigenvalue weighted by Crippen LogP contribution is 2.47. The first kappa shape index (κ1) is 20.5. The molecule has 1 heteroatoms. The minimum atomic E-state index is 1.01. The lowest BCUT2D eigenvalue weighted by Crippen LogP contribution is -1.95. The summed E-state index contributed by atoms with van der Waals surface area (Å²) in [5.41, 5.74) is 16.3. The SMILES string of the molecule is Cc1cc(C)c(-c2oc3c(C)c(C)cc(C)c3c2-c2c(C)cc(C)cc2C)c(C)c1. The summed E-state index contributed by atoms with van der Waals surface area (Å²) in [4.78, 5) is 0. The van der Waals surface area contributed by atoms with Gasteiger partial charge in [-0.25, -0.2) is 0 Å². The first-order valence-electron chi connectivity index (χ1n) is 10.8. The summed E-state index contributed by atoms with van der Waals surface area (Å²) < 4.78 is 6.77. The van der Waals surface area contributed by atoms with Crippen molar-refractivity contribution in [3.8, 4) is 22.5 Å². The number of fused-ring (bicyclic) bond motifs is 1. The average molecular weight is 397 g/mol. The lowest BCUT2D eigenvalue weighted by atomic mass is 9.86. The molecular formula is C29H32O. The van der Waals surface area contributed by atoms with Crippen molar-refractivity contribution < 1.29 is 4.42 Å². The van der Waals surface area contributed by atoms with Gasteiger partial charge in [0.05, 0.1) is 0 Å². The Hall–Kier alpha value is -2.80. The number of hydrogen-bond donors (Lipinski definition) is 0. The Labute approximate surface area is 180 Å². The summed E-state index contributed by atoms with van der Waals surface area (Å²) >= 11 is 0. The molecule has 0 amide bonds. The molecule has 3 aromatic carbocycles. The van der Waals surface area contributed by atoms with E-state index >= 15 is 0 Å². The molecule has 1 heterocycles. The number of rotatable bonds is 2. The largest absolute Gasteiger partial charge is 0.455 e. The van der Waals surface area contributed by atoms with Crippen molar-refractivity contribution in [1.82, 2.24) is 0 Å². The van der Waals surface area contributed by atoms with Gasteiger partial charge < -0.3 is 4.42 Å². The first-order chi connectivity index (χ1) is 14.1. The zero-order valence-electron chi connectivity index (χ0n) is 19.8. The fraction of sp³-hybridized carbons (Fsp3) is 0.310. The monoisotopic (exact) mass is 396 g/mol. The molecule has 0 radical (unpaired) electrons.